The summed E-state index contributed by atoms with van der Waals surface area (Å²) in [4.78, 5) is 4.17. The molecule has 0 spiro atoms. The number of hydrogen-bond acceptors (Lipinski definition) is 3. The van der Waals surface area contributed by atoms with Crippen LogP contribution in [0.3, 0.4) is 0 Å². The third-order valence-corrected chi connectivity index (χ3v) is 4.85. The van der Waals surface area contributed by atoms with E-state index in [1.54, 1.807) is 7.05 Å². The van der Waals surface area contributed by atoms with E-state index in [1.165, 1.54) is 16.1 Å². The normalized spacial score (nSPS) is 11.9. The van der Waals surface area contributed by atoms with Crippen molar-refractivity contribution < 1.29 is 8.42 Å². The highest BCUT2D eigenvalue weighted by Gasteiger charge is 2.13. The molecule has 0 bridgehead atoms. The molecule has 1 aromatic carbocycles. The molecule has 0 aromatic heterocycles. The van der Waals surface area contributed by atoms with Crippen molar-refractivity contribution in [1.82, 2.24) is 14.9 Å². The molecule has 0 saturated carbocycles. The number of aliphatic imine (C=N–C) groups is 1. The lowest BCUT2D eigenvalue weighted by molar-refractivity contribution is 0.424. The number of nitrogens with zero attached hydrogens (tertiary/aromatic N) is 2. The molecule has 0 fully saturated rings. The van der Waals surface area contributed by atoms with Crippen LogP contribution in [0.4, 0.5) is 0 Å². The summed E-state index contributed by atoms with van der Waals surface area (Å²) in [5.41, 5.74) is 1.28. The van der Waals surface area contributed by atoms with E-state index in [0.717, 1.165) is 25.3 Å². The molecule has 0 heterocycles. The largest absolute Gasteiger partial charge is 0.356 e. The van der Waals surface area contributed by atoms with Crippen molar-refractivity contribution in [3.8, 4) is 0 Å². The Morgan fingerprint density at radius 3 is 2.33 bits per heavy atom. The fraction of sp³-hybridized carbons (Fsp3) is 0.562. The van der Waals surface area contributed by atoms with Crippen LogP contribution in [-0.2, 0) is 16.4 Å². The Bertz CT molecular complexity index is 579. The van der Waals surface area contributed by atoms with Crippen LogP contribution >= 0.6 is 24.0 Å². The highest BCUT2D eigenvalue weighted by atomic mass is 127. The van der Waals surface area contributed by atoms with E-state index in [9.17, 15) is 8.42 Å². The summed E-state index contributed by atoms with van der Waals surface area (Å²) in [7, 11) is -1.38. The third kappa shape index (κ3) is 9.43. The van der Waals surface area contributed by atoms with Crippen LogP contribution in [0.15, 0.2) is 35.3 Å². The molecular formula is C16H29IN4O2S. The standard InChI is InChI=1S/C16H28N4O2S.HI/c1-4-20(23(3,21)22)14-8-12-18-16(17-2)19-13-11-15-9-6-5-7-10-15;/h5-7,9-10H,4,8,11-14H2,1-3H3,(H2,17,18,19);1H. The van der Waals surface area contributed by atoms with Gasteiger partial charge in [0.05, 0.1) is 6.26 Å². The van der Waals surface area contributed by atoms with Gasteiger partial charge in [-0.2, -0.15) is 0 Å². The van der Waals surface area contributed by atoms with Crippen LogP contribution in [0, 0.1) is 0 Å². The van der Waals surface area contributed by atoms with Gasteiger partial charge in [-0.3, -0.25) is 4.99 Å². The maximum Gasteiger partial charge on any atom is 0.211 e. The molecule has 138 valence electrons. The van der Waals surface area contributed by atoms with E-state index in [2.05, 4.69) is 27.8 Å². The second-order valence-electron chi connectivity index (χ2n) is 5.27. The third-order valence-electron chi connectivity index (χ3n) is 3.47. The molecule has 0 amide bonds. The number of benzene rings is 1. The Morgan fingerprint density at radius 1 is 1.17 bits per heavy atom. The maximum absolute atomic E-state index is 11.5. The molecule has 0 saturated heterocycles. The van der Waals surface area contributed by atoms with Crippen LogP contribution < -0.4 is 10.6 Å². The van der Waals surface area contributed by atoms with Crippen molar-refractivity contribution in [2.24, 2.45) is 4.99 Å². The summed E-state index contributed by atoms with van der Waals surface area (Å²) in [6, 6.07) is 10.3. The van der Waals surface area contributed by atoms with Crippen molar-refractivity contribution in [3.05, 3.63) is 35.9 Å². The number of hydrogen-bond donors (Lipinski definition) is 2. The molecule has 1 aromatic rings. The molecule has 8 heteroatoms. The summed E-state index contributed by atoms with van der Waals surface area (Å²) < 4.78 is 24.5. The van der Waals surface area contributed by atoms with Gasteiger partial charge in [-0.25, -0.2) is 12.7 Å². The molecule has 24 heavy (non-hydrogen) atoms. The Balaban J connectivity index is 0.00000529. The summed E-state index contributed by atoms with van der Waals surface area (Å²) in [6.07, 6.45) is 2.91. The average molecular weight is 468 g/mol. The quantitative estimate of drug-likeness (QED) is 0.251. The molecule has 0 aliphatic carbocycles. The number of guanidine groups is 1. The summed E-state index contributed by atoms with van der Waals surface area (Å²) in [6.45, 7) is 4.34. The first-order chi connectivity index (χ1) is 11.0. The van der Waals surface area contributed by atoms with E-state index in [0.29, 0.717) is 19.6 Å². The van der Waals surface area contributed by atoms with Crippen molar-refractivity contribution in [3.63, 3.8) is 0 Å². The summed E-state index contributed by atoms with van der Waals surface area (Å²) >= 11 is 0. The Kier molecular flexibility index (Phi) is 12.0. The summed E-state index contributed by atoms with van der Waals surface area (Å²) in [5.74, 6) is 0.739. The van der Waals surface area contributed by atoms with Gasteiger partial charge >= 0.3 is 0 Å². The Labute approximate surface area is 163 Å². The zero-order chi connectivity index (χ0) is 17.1. The number of rotatable bonds is 9. The molecule has 0 unspecified atom stereocenters. The molecule has 0 aliphatic rings. The fourth-order valence-electron chi connectivity index (χ4n) is 2.21. The molecule has 6 nitrogen and oxygen atoms in total. The minimum absolute atomic E-state index is 0. The predicted octanol–water partition coefficient (Wildman–Crippen LogP) is 1.68. The van der Waals surface area contributed by atoms with Gasteiger partial charge in [-0.15, -0.1) is 24.0 Å². The van der Waals surface area contributed by atoms with Crippen molar-refractivity contribution in [1.29, 1.82) is 0 Å². The van der Waals surface area contributed by atoms with Gasteiger partial charge in [-0.05, 0) is 18.4 Å². The van der Waals surface area contributed by atoms with Crippen LogP contribution in [0.25, 0.3) is 0 Å². The number of nitrogens with one attached hydrogen (secondary N) is 2. The second kappa shape index (κ2) is 12.5. The Hall–Kier alpha value is -0.870. The van der Waals surface area contributed by atoms with Gasteiger partial charge in [0.1, 0.15) is 0 Å². The number of sulfonamides is 1. The van der Waals surface area contributed by atoms with E-state index in [-0.39, 0.29) is 24.0 Å². The minimum Gasteiger partial charge on any atom is -0.356 e. The predicted molar refractivity (Wildman–Crippen MR) is 112 cm³/mol. The van der Waals surface area contributed by atoms with Crippen LogP contribution in [-0.4, -0.2) is 58.2 Å². The lowest BCUT2D eigenvalue weighted by Gasteiger charge is -2.18. The molecule has 0 radical (unpaired) electrons. The minimum atomic E-state index is -3.11. The highest BCUT2D eigenvalue weighted by molar-refractivity contribution is 14.0. The van der Waals surface area contributed by atoms with E-state index in [4.69, 9.17) is 0 Å². The van der Waals surface area contributed by atoms with Gasteiger partial charge in [0.15, 0.2) is 5.96 Å². The van der Waals surface area contributed by atoms with Gasteiger partial charge in [0.2, 0.25) is 10.0 Å². The SMILES string of the molecule is CCN(CCCNC(=NC)NCCc1ccccc1)S(C)(=O)=O.I. The molecule has 0 aliphatic heterocycles. The summed E-state index contributed by atoms with van der Waals surface area (Å²) in [5, 5.41) is 6.46. The molecular weight excluding hydrogens is 439 g/mol. The first-order valence-corrected chi connectivity index (χ1v) is 9.75. The highest BCUT2D eigenvalue weighted by Crippen LogP contribution is 1.99. The van der Waals surface area contributed by atoms with Crippen LogP contribution in [0.1, 0.15) is 18.9 Å². The van der Waals surface area contributed by atoms with Crippen molar-refractivity contribution in [2.45, 2.75) is 19.8 Å². The van der Waals surface area contributed by atoms with Gasteiger partial charge < -0.3 is 10.6 Å². The second-order valence-corrected chi connectivity index (χ2v) is 7.25. The lowest BCUT2D eigenvalue weighted by Crippen LogP contribution is -2.40. The first-order valence-electron chi connectivity index (χ1n) is 7.91. The van der Waals surface area contributed by atoms with Gasteiger partial charge in [-0.1, -0.05) is 37.3 Å². The van der Waals surface area contributed by atoms with Gasteiger partial charge in [0, 0.05) is 33.2 Å². The fourth-order valence-corrected chi connectivity index (χ4v) is 3.14. The topological polar surface area (TPSA) is 73.8 Å². The number of halogens is 1. The molecule has 0 atom stereocenters. The Morgan fingerprint density at radius 2 is 1.79 bits per heavy atom. The first kappa shape index (κ1) is 23.1. The molecule has 1 rings (SSSR count). The van der Waals surface area contributed by atoms with E-state index < -0.39 is 10.0 Å². The van der Waals surface area contributed by atoms with Gasteiger partial charge in [0.25, 0.3) is 0 Å². The smallest absolute Gasteiger partial charge is 0.211 e. The monoisotopic (exact) mass is 468 g/mol. The lowest BCUT2D eigenvalue weighted by atomic mass is 10.1. The van der Waals surface area contributed by atoms with E-state index >= 15 is 0 Å². The van der Waals surface area contributed by atoms with Crippen LogP contribution in [0.5, 0.6) is 0 Å². The van der Waals surface area contributed by atoms with E-state index in [1.807, 2.05) is 25.1 Å². The average Bonchev–Trinajstić information content (AvgIpc) is 2.52. The van der Waals surface area contributed by atoms with Crippen molar-refractivity contribution in [2.75, 3.05) is 39.5 Å². The van der Waals surface area contributed by atoms with Crippen molar-refractivity contribution >= 4 is 40.0 Å². The maximum atomic E-state index is 11.5. The zero-order valence-corrected chi connectivity index (χ0v) is 17.8. The zero-order valence-electron chi connectivity index (χ0n) is 14.7. The van der Waals surface area contributed by atoms with Crippen LogP contribution in [0.2, 0.25) is 0 Å². The molecule has 2 N–H and O–H groups in total.